The number of rotatable bonds is 3. The smallest absolute Gasteiger partial charge is 0.223 e. The van der Waals surface area contributed by atoms with E-state index in [-0.39, 0.29) is 17.6 Å². The van der Waals surface area contributed by atoms with Crippen LogP contribution in [0, 0.1) is 0 Å². The average molecular weight is 242 g/mol. The number of hydrogen-bond acceptors (Lipinski definition) is 4. The van der Waals surface area contributed by atoms with Crippen molar-refractivity contribution in [2.24, 2.45) is 5.73 Å². The number of hydrogen-bond donors (Lipinski definition) is 1. The molecule has 0 radical (unpaired) electrons. The molecule has 1 amide bonds. The SMILES string of the molecule is CO[C@H]1CN(C(=O)CCN)CC[C@@]12CCCO2. The second-order valence-corrected chi connectivity index (χ2v) is 4.87. The molecule has 0 unspecified atom stereocenters. The van der Waals surface area contributed by atoms with Gasteiger partial charge in [-0.1, -0.05) is 0 Å². The molecule has 5 heteroatoms. The molecule has 2 heterocycles. The zero-order valence-corrected chi connectivity index (χ0v) is 10.5. The van der Waals surface area contributed by atoms with Crippen molar-refractivity contribution in [3.63, 3.8) is 0 Å². The lowest BCUT2D eigenvalue weighted by molar-refractivity contribution is -0.158. The van der Waals surface area contributed by atoms with Gasteiger partial charge in [0.15, 0.2) is 0 Å². The summed E-state index contributed by atoms with van der Waals surface area (Å²) >= 11 is 0. The van der Waals surface area contributed by atoms with Crippen molar-refractivity contribution in [2.45, 2.75) is 37.4 Å². The molecule has 0 aromatic heterocycles. The number of carbonyl (C=O) groups excluding carboxylic acids is 1. The van der Waals surface area contributed by atoms with E-state index in [1.54, 1.807) is 7.11 Å². The molecular formula is C12H22N2O3. The number of nitrogens with two attached hydrogens (primary N) is 1. The second kappa shape index (κ2) is 5.33. The minimum absolute atomic E-state index is 0.000439. The molecule has 2 atom stereocenters. The van der Waals surface area contributed by atoms with Gasteiger partial charge in [0, 0.05) is 39.8 Å². The lowest BCUT2D eigenvalue weighted by atomic mass is 9.85. The van der Waals surface area contributed by atoms with Crippen molar-refractivity contribution >= 4 is 5.91 Å². The number of nitrogens with zero attached hydrogens (tertiary/aromatic N) is 1. The van der Waals surface area contributed by atoms with Gasteiger partial charge < -0.3 is 20.1 Å². The summed E-state index contributed by atoms with van der Waals surface area (Å²) in [5, 5.41) is 0. The number of likely N-dealkylation sites (tertiary alicyclic amines) is 1. The number of amides is 1. The maximum Gasteiger partial charge on any atom is 0.223 e. The van der Waals surface area contributed by atoms with Crippen LogP contribution in [0.5, 0.6) is 0 Å². The quantitative estimate of drug-likeness (QED) is 0.764. The standard InChI is InChI=1S/C12H22N2O3/c1-16-10-9-14(11(15)3-6-13)7-5-12(10)4-2-8-17-12/h10H,2-9,13H2,1H3/t10-,12-/m0/s1. The lowest BCUT2D eigenvalue weighted by Crippen LogP contribution is -2.57. The lowest BCUT2D eigenvalue weighted by Gasteiger charge is -2.44. The summed E-state index contributed by atoms with van der Waals surface area (Å²) in [4.78, 5) is 13.7. The summed E-state index contributed by atoms with van der Waals surface area (Å²) in [6, 6.07) is 0. The Labute approximate surface area is 102 Å². The number of carbonyl (C=O) groups is 1. The largest absolute Gasteiger partial charge is 0.377 e. The highest BCUT2D eigenvalue weighted by atomic mass is 16.5. The van der Waals surface area contributed by atoms with Crippen molar-refractivity contribution in [2.75, 3.05) is 33.4 Å². The Morgan fingerprint density at radius 3 is 3.00 bits per heavy atom. The molecule has 2 fully saturated rings. The molecule has 0 aromatic carbocycles. The highest BCUT2D eigenvalue weighted by Gasteiger charge is 2.47. The van der Waals surface area contributed by atoms with Crippen molar-refractivity contribution in [1.82, 2.24) is 4.90 Å². The van der Waals surface area contributed by atoms with Crippen LogP contribution in [0.25, 0.3) is 0 Å². The molecule has 0 bridgehead atoms. The van der Waals surface area contributed by atoms with Crippen LogP contribution in [0.4, 0.5) is 0 Å². The number of methoxy groups -OCH3 is 1. The minimum atomic E-state index is -0.145. The van der Waals surface area contributed by atoms with Gasteiger partial charge in [0.1, 0.15) is 6.10 Å². The van der Waals surface area contributed by atoms with E-state index in [9.17, 15) is 4.79 Å². The van der Waals surface area contributed by atoms with Gasteiger partial charge in [-0.05, 0) is 19.3 Å². The first kappa shape index (κ1) is 12.8. The van der Waals surface area contributed by atoms with Crippen molar-refractivity contribution in [3.05, 3.63) is 0 Å². The van der Waals surface area contributed by atoms with Crippen LogP contribution in [0.1, 0.15) is 25.7 Å². The summed E-state index contributed by atoms with van der Waals surface area (Å²) in [5.41, 5.74) is 5.27. The Hall–Kier alpha value is -0.650. The van der Waals surface area contributed by atoms with Gasteiger partial charge in [-0.2, -0.15) is 0 Å². The van der Waals surface area contributed by atoms with E-state index in [0.29, 0.717) is 19.5 Å². The average Bonchev–Trinajstić information content (AvgIpc) is 2.79. The summed E-state index contributed by atoms with van der Waals surface area (Å²) < 4.78 is 11.4. The van der Waals surface area contributed by atoms with Crippen molar-refractivity contribution in [3.8, 4) is 0 Å². The number of piperidine rings is 1. The van der Waals surface area contributed by atoms with Gasteiger partial charge in [-0.25, -0.2) is 0 Å². The Kier molecular flexibility index (Phi) is 4.01. The molecule has 17 heavy (non-hydrogen) atoms. The van der Waals surface area contributed by atoms with Crippen LogP contribution < -0.4 is 5.73 Å². The van der Waals surface area contributed by atoms with E-state index in [1.165, 1.54) is 0 Å². The highest BCUT2D eigenvalue weighted by molar-refractivity contribution is 5.76. The molecule has 2 N–H and O–H groups in total. The van der Waals surface area contributed by atoms with E-state index in [4.69, 9.17) is 15.2 Å². The fourth-order valence-electron chi connectivity index (χ4n) is 2.91. The first-order valence-electron chi connectivity index (χ1n) is 6.36. The monoisotopic (exact) mass is 242 g/mol. The predicted molar refractivity (Wildman–Crippen MR) is 63.6 cm³/mol. The Morgan fingerprint density at radius 2 is 2.41 bits per heavy atom. The van der Waals surface area contributed by atoms with E-state index >= 15 is 0 Å². The predicted octanol–water partition coefficient (Wildman–Crippen LogP) is 0.132. The molecule has 0 aromatic rings. The van der Waals surface area contributed by atoms with Crippen molar-refractivity contribution in [1.29, 1.82) is 0 Å². The van der Waals surface area contributed by atoms with Gasteiger partial charge in [-0.3, -0.25) is 4.79 Å². The first-order valence-corrected chi connectivity index (χ1v) is 6.36. The summed E-state index contributed by atoms with van der Waals surface area (Å²) in [5.74, 6) is 0.127. The zero-order chi connectivity index (χ0) is 12.3. The Bertz CT molecular complexity index is 277. The van der Waals surface area contributed by atoms with Crippen LogP contribution >= 0.6 is 0 Å². The van der Waals surface area contributed by atoms with E-state index in [0.717, 1.165) is 32.4 Å². The molecule has 0 aliphatic carbocycles. The molecule has 98 valence electrons. The fourth-order valence-corrected chi connectivity index (χ4v) is 2.91. The maximum absolute atomic E-state index is 11.8. The number of ether oxygens (including phenoxy) is 2. The Morgan fingerprint density at radius 1 is 1.59 bits per heavy atom. The van der Waals surface area contributed by atoms with Crippen LogP contribution in [0.3, 0.4) is 0 Å². The van der Waals surface area contributed by atoms with Crippen LogP contribution in [0.2, 0.25) is 0 Å². The molecule has 2 aliphatic heterocycles. The van der Waals surface area contributed by atoms with E-state index in [2.05, 4.69) is 0 Å². The maximum atomic E-state index is 11.8. The van der Waals surface area contributed by atoms with Gasteiger partial charge >= 0.3 is 0 Å². The fraction of sp³-hybridized carbons (Fsp3) is 0.917. The summed E-state index contributed by atoms with van der Waals surface area (Å²) in [6.45, 7) is 2.62. The van der Waals surface area contributed by atoms with Crippen LogP contribution in [-0.2, 0) is 14.3 Å². The zero-order valence-electron chi connectivity index (χ0n) is 10.5. The molecular weight excluding hydrogens is 220 g/mol. The molecule has 2 saturated heterocycles. The molecule has 2 rings (SSSR count). The molecule has 2 aliphatic rings. The van der Waals surface area contributed by atoms with Crippen LogP contribution in [0.15, 0.2) is 0 Å². The van der Waals surface area contributed by atoms with Gasteiger partial charge in [0.25, 0.3) is 0 Å². The van der Waals surface area contributed by atoms with Gasteiger partial charge in [0.05, 0.1) is 5.60 Å². The Balaban J connectivity index is 1.99. The first-order chi connectivity index (χ1) is 8.22. The second-order valence-electron chi connectivity index (χ2n) is 4.87. The summed E-state index contributed by atoms with van der Waals surface area (Å²) in [6.07, 6.45) is 3.44. The molecule has 5 nitrogen and oxygen atoms in total. The third-order valence-electron chi connectivity index (χ3n) is 3.91. The van der Waals surface area contributed by atoms with Crippen molar-refractivity contribution < 1.29 is 14.3 Å². The highest BCUT2D eigenvalue weighted by Crippen LogP contribution is 2.37. The van der Waals surface area contributed by atoms with E-state index in [1.807, 2.05) is 4.90 Å². The molecule has 1 spiro atoms. The third-order valence-corrected chi connectivity index (χ3v) is 3.91. The summed E-state index contributed by atoms with van der Waals surface area (Å²) in [7, 11) is 1.70. The van der Waals surface area contributed by atoms with Gasteiger partial charge in [-0.15, -0.1) is 0 Å². The topological polar surface area (TPSA) is 64.8 Å². The van der Waals surface area contributed by atoms with E-state index < -0.39 is 0 Å². The normalized spacial score (nSPS) is 33.3. The minimum Gasteiger partial charge on any atom is -0.377 e. The van der Waals surface area contributed by atoms with Crippen LogP contribution in [-0.4, -0.2) is 55.9 Å². The molecule has 0 saturated carbocycles. The third kappa shape index (κ3) is 2.46. The van der Waals surface area contributed by atoms with Gasteiger partial charge in [0.2, 0.25) is 5.91 Å².